The molecule has 5 heteroatoms. The summed E-state index contributed by atoms with van der Waals surface area (Å²) in [4.78, 5) is 14.9. The van der Waals surface area contributed by atoms with Crippen LogP contribution in [0.3, 0.4) is 0 Å². The van der Waals surface area contributed by atoms with Crippen molar-refractivity contribution in [2.75, 3.05) is 13.1 Å². The largest absolute Gasteiger partial charge is 0.370 e. The van der Waals surface area contributed by atoms with Gasteiger partial charge in [-0.3, -0.25) is 15.0 Å². The van der Waals surface area contributed by atoms with Crippen molar-refractivity contribution < 1.29 is 0 Å². The molecule has 0 aliphatic carbocycles. The standard InChI is InChI=1S/C11H17N5/c1-3-6-16-10(12)15-8-11(16,2)9-7-13-4-5-14-9/h4-5,7H,3,6,8H2,1-2H3,(H2,12,15). The maximum Gasteiger partial charge on any atom is 0.192 e. The molecule has 1 aromatic rings. The van der Waals surface area contributed by atoms with E-state index in [-0.39, 0.29) is 5.54 Å². The molecule has 0 saturated carbocycles. The highest BCUT2D eigenvalue weighted by atomic mass is 15.4. The molecule has 0 spiro atoms. The Labute approximate surface area is 95.4 Å². The van der Waals surface area contributed by atoms with Gasteiger partial charge in [0.05, 0.1) is 18.4 Å². The van der Waals surface area contributed by atoms with Crippen LogP contribution in [0.5, 0.6) is 0 Å². The van der Waals surface area contributed by atoms with Crippen molar-refractivity contribution in [3.8, 4) is 0 Å². The molecule has 0 radical (unpaired) electrons. The molecular weight excluding hydrogens is 202 g/mol. The van der Waals surface area contributed by atoms with Crippen LogP contribution in [-0.2, 0) is 5.54 Å². The van der Waals surface area contributed by atoms with E-state index in [9.17, 15) is 0 Å². The second-order valence-electron chi connectivity index (χ2n) is 4.19. The van der Waals surface area contributed by atoms with Crippen LogP contribution in [0, 0.1) is 0 Å². The molecule has 1 atom stereocenters. The third-order valence-electron chi connectivity index (χ3n) is 2.98. The van der Waals surface area contributed by atoms with Crippen LogP contribution in [0.4, 0.5) is 0 Å². The summed E-state index contributed by atoms with van der Waals surface area (Å²) in [7, 11) is 0. The maximum absolute atomic E-state index is 5.91. The fourth-order valence-electron chi connectivity index (χ4n) is 2.04. The Morgan fingerprint density at radius 3 is 2.94 bits per heavy atom. The lowest BCUT2D eigenvalue weighted by molar-refractivity contribution is 0.218. The van der Waals surface area contributed by atoms with Gasteiger partial charge in [0.2, 0.25) is 0 Å². The average molecular weight is 219 g/mol. The molecule has 2 heterocycles. The first kappa shape index (κ1) is 10.9. The molecule has 2 rings (SSSR count). The normalized spacial score (nSPS) is 24.6. The summed E-state index contributed by atoms with van der Waals surface area (Å²) in [6.07, 6.45) is 6.21. The Bertz CT molecular complexity index is 389. The molecule has 0 amide bonds. The van der Waals surface area contributed by atoms with E-state index >= 15 is 0 Å². The van der Waals surface area contributed by atoms with E-state index in [4.69, 9.17) is 5.73 Å². The van der Waals surface area contributed by atoms with Crippen LogP contribution in [-0.4, -0.2) is 33.9 Å². The number of aliphatic imine (C=N–C) groups is 1. The predicted octanol–water partition coefficient (Wildman–Crippen LogP) is 0.732. The van der Waals surface area contributed by atoms with Gasteiger partial charge in [-0.05, 0) is 13.3 Å². The summed E-state index contributed by atoms with van der Waals surface area (Å²) in [6, 6.07) is 0. The van der Waals surface area contributed by atoms with Crippen LogP contribution in [0.15, 0.2) is 23.6 Å². The van der Waals surface area contributed by atoms with Crippen molar-refractivity contribution in [1.82, 2.24) is 14.9 Å². The summed E-state index contributed by atoms with van der Waals surface area (Å²) in [5.41, 5.74) is 6.59. The summed E-state index contributed by atoms with van der Waals surface area (Å²) < 4.78 is 0. The average Bonchev–Trinajstić information content (AvgIpc) is 2.60. The van der Waals surface area contributed by atoms with Gasteiger partial charge in [0.25, 0.3) is 0 Å². The van der Waals surface area contributed by atoms with E-state index < -0.39 is 0 Å². The van der Waals surface area contributed by atoms with Crippen LogP contribution >= 0.6 is 0 Å². The number of hydrogen-bond acceptors (Lipinski definition) is 5. The monoisotopic (exact) mass is 219 g/mol. The molecule has 0 saturated heterocycles. The second-order valence-corrected chi connectivity index (χ2v) is 4.19. The minimum absolute atomic E-state index is 0.242. The fourth-order valence-corrected chi connectivity index (χ4v) is 2.04. The highest BCUT2D eigenvalue weighted by molar-refractivity contribution is 5.81. The van der Waals surface area contributed by atoms with Gasteiger partial charge in [0.1, 0.15) is 5.54 Å². The van der Waals surface area contributed by atoms with E-state index in [0.29, 0.717) is 12.5 Å². The Balaban J connectivity index is 2.32. The van der Waals surface area contributed by atoms with E-state index in [1.54, 1.807) is 18.6 Å². The lowest BCUT2D eigenvalue weighted by Gasteiger charge is -2.35. The minimum Gasteiger partial charge on any atom is -0.370 e. The van der Waals surface area contributed by atoms with Crippen molar-refractivity contribution >= 4 is 5.96 Å². The zero-order valence-electron chi connectivity index (χ0n) is 9.72. The highest BCUT2D eigenvalue weighted by Crippen LogP contribution is 2.30. The third kappa shape index (κ3) is 1.62. The van der Waals surface area contributed by atoms with Gasteiger partial charge < -0.3 is 10.6 Å². The van der Waals surface area contributed by atoms with Gasteiger partial charge in [-0.1, -0.05) is 6.92 Å². The van der Waals surface area contributed by atoms with Crippen LogP contribution in [0.1, 0.15) is 26.0 Å². The second kappa shape index (κ2) is 4.08. The third-order valence-corrected chi connectivity index (χ3v) is 2.98. The fraction of sp³-hybridized carbons (Fsp3) is 0.545. The summed E-state index contributed by atoms with van der Waals surface area (Å²) in [5.74, 6) is 0.606. The van der Waals surface area contributed by atoms with E-state index in [1.807, 2.05) is 0 Å². The predicted molar refractivity (Wildman–Crippen MR) is 62.9 cm³/mol. The number of rotatable bonds is 3. The lowest BCUT2D eigenvalue weighted by atomic mass is 9.97. The Morgan fingerprint density at radius 1 is 1.50 bits per heavy atom. The molecule has 86 valence electrons. The number of aromatic nitrogens is 2. The number of nitrogens with zero attached hydrogens (tertiary/aromatic N) is 4. The molecule has 1 aliphatic rings. The van der Waals surface area contributed by atoms with Crippen LogP contribution < -0.4 is 5.73 Å². The van der Waals surface area contributed by atoms with E-state index in [0.717, 1.165) is 18.7 Å². The molecule has 0 fully saturated rings. The quantitative estimate of drug-likeness (QED) is 0.814. The Morgan fingerprint density at radius 2 is 2.31 bits per heavy atom. The molecule has 16 heavy (non-hydrogen) atoms. The molecule has 1 aromatic heterocycles. The van der Waals surface area contributed by atoms with E-state index in [2.05, 4.69) is 33.7 Å². The van der Waals surface area contributed by atoms with Crippen LogP contribution in [0.2, 0.25) is 0 Å². The van der Waals surface area contributed by atoms with Gasteiger partial charge >= 0.3 is 0 Å². The smallest absolute Gasteiger partial charge is 0.192 e. The zero-order chi connectivity index (χ0) is 11.6. The first-order valence-electron chi connectivity index (χ1n) is 5.52. The van der Waals surface area contributed by atoms with Gasteiger partial charge in [0, 0.05) is 18.9 Å². The van der Waals surface area contributed by atoms with Gasteiger partial charge in [-0.25, -0.2) is 0 Å². The first-order chi connectivity index (χ1) is 7.68. The van der Waals surface area contributed by atoms with Crippen LogP contribution in [0.25, 0.3) is 0 Å². The summed E-state index contributed by atoms with van der Waals surface area (Å²) in [5, 5.41) is 0. The van der Waals surface area contributed by atoms with Crippen molar-refractivity contribution in [1.29, 1.82) is 0 Å². The van der Waals surface area contributed by atoms with Crippen molar-refractivity contribution in [3.63, 3.8) is 0 Å². The SMILES string of the molecule is CCCN1C(N)=NCC1(C)c1cnccn1. The number of guanidine groups is 1. The molecular formula is C11H17N5. The topological polar surface area (TPSA) is 67.4 Å². The van der Waals surface area contributed by atoms with Crippen molar-refractivity contribution in [3.05, 3.63) is 24.3 Å². The number of hydrogen-bond donors (Lipinski definition) is 1. The first-order valence-corrected chi connectivity index (χ1v) is 5.52. The minimum atomic E-state index is -0.242. The molecule has 5 nitrogen and oxygen atoms in total. The molecule has 1 aliphatic heterocycles. The van der Waals surface area contributed by atoms with Gasteiger partial charge in [0.15, 0.2) is 5.96 Å². The maximum atomic E-state index is 5.91. The highest BCUT2D eigenvalue weighted by Gasteiger charge is 2.40. The molecule has 0 bridgehead atoms. The van der Waals surface area contributed by atoms with Crippen molar-refractivity contribution in [2.24, 2.45) is 10.7 Å². The zero-order valence-corrected chi connectivity index (χ0v) is 9.72. The molecule has 1 unspecified atom stereocenters. The Kier molecular flexibility index (Phi) is 2.77. The summed E-state index contributed by atoms with van der Waals surface area (Å²) >= 11 is 0. The molecule has 0 aromatic carbocycles. The molecule has 2 N–H and O–H groups in total. The lowest BCUT2D eigenvalue weighted by Crippen LogP contribution is -2.48. The number of nitrogens with two attached hydrogens (primary N) is 1. The van der Waals surface area contributed by atoms with Gasteiger partial charge in [-0.2, -0.15) is 0 Å². The summed E-state index contributed by atoms with van der Waals surface area (Å²) in [6.45, 7) is 5.78. The van der Waals surface area contributed by atoms with Crippen molar-refractivity contribution in [2.45, 2.75) is 25.8 Å². The van der Waals surface area contributed by atoms with Gasteiger partial charge in [-0.15, -0.1) is 0 Å². The Hall–Kier alpha value is -1.65. The van der Waals surface area contributed by atoms with E-state index in [1.165, 1.54) is 0 Å².